The largest absolute Gasteiger partial charge is 0.397 e. The van der Waals surface area contributed by atoms with Gasteiger partial charge >= 0.3 is 0 Å². The van der Waals surface area contributed by atoms with Crippen LogP contribution >= 0.6 is 0 Å². The van der Waals surface area contributed by atoms with Gasteiger partial charge < -0.3 is 15.2 Å². The van der Waals surface area contributed by atoms with Crippen LogP contribution in [0.5, 0.6) is 0 Å². The van der Waals surface area contributed by atoms with E-state index in [1.807, 2.05) is 61.9 Å². The number of aromatic nitrogens is 1. The van der Waals surface area contributed by atoms with Gasteiger partial charge in [-0.2, -0.15) is 0 Å². The summed E-state index contributed by atoms with van der Waals surface area (Å²) in [5.41, 5.74) is 7.99. The highest BCUT2D eigenvalue weighted by Crippen LogP contribution is 2.21. The van der Waals surface area contributed by atoms with Crippen molar-refractivity contribution in [3.05, 3.63) is 48.3 Å². The monoisotopic (exact) mass is 271 g/mol. The van der Waals surface area contributed by atoms with Crippen molar-refractivity contribution < 1.29 is 4.79 Å². The number of para-hydroxylation sites is 1. The fourth-order valence-electron chi connectivity index (χ4n) is 2.29. The summed E-state index contributed by atoms with van der Waals surface area (Å²) in [6.07, 6.45) is 1.82. The average molecular weight is 271 g/mol. The minimum atomic E-state index is -0.0240. The Bertz CT molecular complexity index is 587. The van der Waals surface area contributed by atoms with E-state index in [1.165, 1.54) is 0 Å². The van der Waals surface area contributed by atoms with E-state index in [1.54, 1.807) is 11.0 Å². The number of anilines is 2. The molecular weight excluding hydrogens is 250 g/mol. The second-order valence-corrected chi connectivity index (χ2v) is 5.04. The molecule has 0 atom stereocenters. The number of hydrogen-bond acceptors (Lipinski definition) is 2. The van der Waals surface area contributed by atoms with Crippen LogP contribution in [0.3, 0.4) is 0 Å². The molecule has 0 radical (unpaired) electrons. The average Bonchev–Trinajstić information content (AvgIpc) is 2.83. The van der Waals surface area contributed by atoms with Crippen LogP contribution in [0.1, 0.15) is 37.3 Å². The number of nitrogens with zero attached hydrogens (tertiary/aromatic N) is 2. The van der Waals surface area contributed by atoms with Crippen LogP contribution in [0.2, 0.25) is 0 Å². The highest BCUT2D eigenvalue weighted by atomic mass is 16.2. The zero-order chi connectivity index (χ0) is 14.7. The Kier molecular flexibility index (Phi) is 4.13. The lowest BCUT2D eigenvalue weighted by molar-refractivity contribution is 0.0978. The molecule has 2 rings (SSSR count). The van der Waals surface area contributed by atoms with Gasteiger partial charge in [0.15, 0.2) is 0 Å². The molecule has 4 heteroatoms. The summed E-state index contributed by atoms with van der Waals surface area (Å²) in [5.74, 6) is -0.0240. The predicted octanol–water partition coefficient (Wildman–Crippen LogP) is 3.32. The summed E-state index contributed by atoms with van der Waals surface area (Å²) in [7, 11) is 0. The third-order valence-electron chi connectivity index (χ3n) is 3.27. The number of carbonyl (C=O) groups excluding carboxylic acids is 1. The van der Waals surface area contributed by atoms with Crippen molar-refractivity contribution in [2.45, 2.75) is 26.8 Å². The van der Waals surface area contributed by atoms with Crippen LogP contribution in [-0.2, 0) is 0 Å². The fraction of sp³-hybridized carbons (Fsp3) is 0.312. The lowest BCUT2D eigenvalue weighted by Crippen LogP contribution is -2.32. The Balaban J connectivity index is 2.39. The molecule has 2 N–H and O–H groups in total. The third kappa shape index (κ3) is 2.69. The Morgan fingerprint density at radius 2 is 1.95 bits per heavy atom. The highest BCUT2D eigenvalue weighted by molar-refractivity contribution is 6.05. The first-order valence-electron chi connectivity index (χ1n) is 6.88. The molecule has 0 aliphatic rings. The first kappa shape index (κ1) is 14.2. The van der Waals surface area contributed by atoms with Crippen LogP contribution in [0, 0.1) is 0 Å². The van der Waals surface area contributed by atoms with Crippen molar-refractivity contribution in [3.63, 3.8) is 0 Å². The van der Waals surface area contributed by atoms with Gasteiger partial charge in [0, 0.05) is 24.5 Å². The van der Waals surface area contributed by atoms with E-state index in [-0.39, 0.29) is 11.9 Å². The predicted molar refractivity (Wildman–Crippen MR) is 83.0 cm³/mol. The van der Waals surface area contributed by atoms with E-state index < -0.39 is 0 Å². The van der Waals surface area contributed by atoms with Gasteiger partial charge in [0.2, 0.25) is 0 Å². The molecule has 0 saturated carbocycles. The Labute approximate surface area is 119 Å². The standard InChI is InChI=1S/C16H21N3O/c1-4-18(14-8-6-5-7-9-14)16(20)15-10-13(17)11-19(15)12(2)3/h5-12H,4,17H2,1-3H3. The molecule has 1 amide bonds. The Morgan fingerprint density at radius 3 is 2.50 bits per heavy atom. The maximum absolute atomic E-state index is 12.8. The topological polar surface area (TPSA) is 51.3 Å². The lowest BCUT2D eigenvalue weighted by atomic mass is 10.2. The number of hydrogen-bond donors (Lipinski definition) is 1. The van der Waals surface area contributed by atoms with Crippen LogP contribution in [0.4, 0.5) is 11.4 Å². The molecule has 0 aliphatic carbocycles. The Hall–Kier alpha value is -2.23. The second kappa shape index (κ2) is 5.82. The zero-order valence-electron chi connectivity index (χ0n) is 12.2. The second-order valence-electron chi connectivity index (χ2n) is 5.04. The zero-order valence-corrected chi connectivity index (χ0v) is 12.2. The van der Waals surface area contributed by atoms with Gasteiger partial charge in [-0.1, -0.05) is 18.2 Å². The quantitative estimate of drug-likeness (QED) is 0.927. The van der Waals surface area contributed by atoms with Crippen molar-refractivity contribution in [2.24, 2.45) is 0 Å². The SMILES string of the molecule is CCN(C(=O)c1cc(N)cn1C(C)C)c1ccccc1. The van der Waals surface area contributed by atoms with Crippen molar-refractivity contribution in [1.29, 1.82) is 0 Å². The molecule has 0 spiro atoms. The summed E-state index contributed by atoms with van der Waals surface area (Å²) in [5, 5.41) is 0. The van der Waals surface area contributed by atoms with Crippen molar-refractivity contribution in [2.75, 3.05) is 17.2 Å². The molecule has 1 heterocycles. The first-order valence-corrected chi connectivity index (χ1v) is 6.88. The van der Waals surface area contributed by atoms with Gasteiger partial charge in [-0.15, -0.1) is 0 Å². The number of nitrogens with two attached hydrogens (primary N) is 1. The van der Waals surface area contributed by atoms with E-state index in [0.29, 0.717) is 17.9 Å². The molecule has 0 bridgehead atoms. The molecule has 1 aromatic heterocycles. The van der Waals surface area contributed by atoms with Gasteiger partial charge in [-0.05, 0) is 39.0 Å². The van der Waals surface area contributed by atoms with Crippen molar-refractivity contribution in [1.82, 2.24) is 4.57 Å². The summed E-state index contributed by atoms with van der Waals surface area (Å²) >= 11 is 0. The maximum atomic E-state index is 12.8. The van der Waals surface area contributed by atoms with Crippen LogP contribution in [0.15, 0.2) is 42.6 Å². The van der Waals surface area contributed by atoms with Gasteiger partial charge in [-0.25, -0.2) is 0 Å². The summed E-state index contributed by atoms with van der Waals surface area (Å²) in [6, 6.07) is 11.6. The molecule has 0 aliphatic heterocycles. The van der Waals surface area contributed by atoms with Crippen LogP contribution in [0.25, 0.3) is 0 Å². The molecule has 1 aromatic carbocycles. The number of amides is 1. The molecule has 0 unspecified atom stereocenters. The molecule has 2 aromatic rings. The van der Waals surface area contributed by atoms with Crippen LogP contribution < -0.4 is 10.6 Å². The van der Waals surface area contributed by atoms with Gasteiger partial charge in [0.1, 0.15) is 5.69 Å². The number of benzene rings is 1. The van der Waals surface area contributed by atoms with Crippen LogP contribution in [-0.4, -0.2) is 17.0 Å². The minimum absolute atomic E-state index is 0.0240. The van der Waals surface area contributed by atoms with E-state index >= 15 is 0 Å². The van der Waals surface area contributed by atoms with E-state index in [4.69, 9.17) is 5.73 Å². The van der Waals surface area contributed by atoms with Crippen molar-refractivity contribution >= 4 is 17.3 Å². The first-order chi connectivity index (χ1) is 9.54. The highest BCUT2D eigenvalue weighted by Gasteiger charge is 2.21. The summed E-state index contributed by atoms with van der Waals surface area (Å²) in [4.78, 5) is 14.5. The number of nitrogen functional groups attached to an aromatic ring is 1. The molecule has 20 heavy (non-hydrogen) atoms. The molecule has 0 fully saturated rings. The third-order valence-corrected chi connectivity index (χ3v) is 3.27. The molecule has 0 saturated heterocycles. The Morgan fingerprint density at radius 1 is 1.30 bits per heavy atom. The normalized spacial score (nSPS) is 10.8. The van der Waals surface area contributed by atoms with Gasteiger partial charge in [0.25, 0.3) is 5.91 Å². The van der Waals surface area contributed by atoms with Gasteiger partial charge in [0.05, 0.1) is 5.69 Å². The summed E-state index contributed by atoms with van der Waals surface area (Å²) < 4.78 is 1.92. The van der Waals surface area contributed by atoms with Gasteiger partial charge in [-0.3, -0.25) is 4.79 Å². The van der Waals surface area contributed by atoms with E-state index in [9.17, 15) is 4.79 Å². The smallest absolute Gasteiger partial charge is 0.274 e. The fourth-order valence-corrected chi connectivity index (χ4v) is 2.29. The number of rotatable bonds is 4. The maximum Gasteiger partial charge on any atom is 0.274 e. The van der Waals surface area contributed by atoms with E-state index in [0.717, 1.165) is 5.69 Å². The summed E-state index contributed by atoms with van der Waals surface area (Å²) in [6.45, 7) is 6.66. The molecular formula is C16H21N3O. The molecule has 4 nitrogen and oxygen atoms in total. The number of carbonyl (C=O) groups is 1. The van der Waals surface area contributed by atoms with Crippen molar-refractivity contribution in [3.8, 4) is 0 Å². The molecule has 106 valence electrons. The van der Waals surface area contributed by atoms with E-state index in [2.05, 4.69) is 0 Å². The minimum Gasteiger partial charge on any atom is -0.397 e. The lowest BCUT2D eigenvalue weighted by Gasteiger charge is -2.22.